The van der Waals surface area contributed by atoms with Crippen molar-refractivity contribution >= 4 is 11.3 Å². The maximum atomic E-state index is 4.51. The summed E-state index contributed by atoms with van der Waals surface area (Å²) >= 11 is 1.90. The van der Waals surface area contributed by atoms with Crippen LogP contribution < -0.4 is 0 Å². The average Bonchev–Trinajstić information content (AvgIpc) is 2.50. The Kier molecular flexibility index (Phi) is 1.99. The first kappa shape index (κ1) is 9.20. The normalized spacial score (nSPS) is 25.2. The van der Waals surface area contributed by atoms with Crippen molar-refractivity contribution in [3.8, 4) is 0 Å². The van der Waals surface area contributed by atoms with Crippen LogP contribution in [-0.4, -0.2) is 4.98 Å². The van der Waals surface area contributed by atoms with Crippen molar-refractivity contribution in [1.82, 2.24) is 4.98 Å². The second-order valence-corrected chi connectivity index (χ2v) is 6.09. The van der Waals surface area contributed by atoms with Crippen LogP contribution >= 0.6 is 11.3 Å². The zero-order valence-electron chi connectivity index (χ0n) is 8.79. The summed E-state index contributed by atoms with van der Waals surface area (Å²) in [7, 11) is 0. The largest absolute Gasteiger partial charge is 0.249 e. The minimum atomic E-state index is 0.520. The van der Waals surface area contributed by atoms with Crippen molar-refractivity contribution < 1.29 is 0 Å². The highest BCUT2D eigenvalue weighted by molar-refractivity contribution is 7.11. The molecule has 1 saturated carbocycles. The molecule has 0 aliphatic heterocycles. The first-order chi connectivity index (χ1) is 6.00. The maximum absolute atomic E-state index is 4.51. The zero-order chi connectivity index (χ0) is 9.64. The molecule has 0 spiro atoms. The van der Waals surface area contributed by atoms with E-state index in [2.05, 4.69) is 38.9 Å². The van der Waals surface area contributed by atoms with Gasteiger partial charge in [-0.05, 0) is 17.8 Å². The highest BCUT2D eigenvalue weighted by Gasteiger charge is 2.48. The summed E-state index contributed by atoms with van der Waals surface area (Å²) in [6.07, 6.45) is 3.37. The molecular formula is C11H17NS. The molecule has 1 heterocycles. The van der Waals surface area contributed by atoms with Crippen LogP contribution in [0.5, 0.6) is 0 Å². The Morgan fingerprint density at radius 3 is 2.54 bits per heavy atom. The van der Waals surface area contributed by atoms with Crippen molar-refractivity contribution in [2.24, 2.45) is 5.41 Å². The summed E-state index contributed by atoms with van der Waals surface area (Å²) in [6.45, 7) is 9.12. The number of hydrogen-bond donors (Lipinski definition) is 0. The quantitative estimate of drug-likeness (QED) is 0.700. The molecule has 1 nitrogen and oxygen atoms in total. The van der Waals surface area contributed by atoms with E-state index in [-0.39, 0.29) is 0 Å². The highest BCUT2D eigenvalue weighted by Crippen LogP contribution is 2.59. The molecule has 0 bridgehead atoms. The Labute approximate surface area is 84.2 Å². The lowest BCUT2D eigenvalue weighted by molar-refractivity contribution is 0.620. The highest BCUT2D eigenvalue weighted by atomic mass is 32.1. The summed E-state index contributed by atoms with van der Waals surface area (Å²) < 4.78 is 0. The van der Waals surface area contributed by atoms with Gasteiger partial charge in [0.25, 0.3) is 0 Å². The van der Waals surface area contributed by atoms with Gasteiger partial charge in [0.2, 0.25) is 0 Å². The van der Waals surface area contributed by atoms with E-state index in [1.54, 1.807) is 0 Å². The zero-order valence-corrected chi connectivity index (χ0v) is 9.61. The number of thiazole rings is 1. The number of aromatic nitrogens is 1. The van der Waals surface area contributed by atoms with E-state index < -0.39 is 0 Å². The van der Waals surface area contributed by atoms with Crippen molar-refractivity contribution in [3.63, 3.8) is 0 Å². The van der Waals surface area contributed by atoms with E-state index in [9.17, 15) is 0 Å². The lowest BCUT2D eigenvalue weighted by Gasteiger charge is -1.98. The van der Waals surface area contributed by atoms with Crippen LogP contribution in [-0.2, 0) is 0 Å². The standard InChI is InChI=1S/C11H17NS/c1-7(2)9-6-12-10(13-9)8-5-11(8,3)4/h6-8H,5H2,1-4H3. The van der Waals surface area contributed by atoms with Gasteiger partial charge in [0.05, 0.1) is 5.01 Å². The van der Waals surface area contributed by atoms with E-state index in [1.165, 1.54) is 16.3 Å². The fourth-order valence-corrected chi connectivity index (χ4v) is 2.85. The molecule has 1 atom stereocenters. The molecule has 1 unspecified atom stereocenters. The van der Waals surface area contributed by atoms with Crippen molar-refractivity contribution in [1.29, 1.82) is 0 Å². The minimum Gasteiger partial charge on any atom is -0.249 e. The van der Waals surface area contributed by atoms with Crippen LogP contribution in [0.25, 0.3) is 0 Å². The molecule has 0 radical (unpaired) electrons. The molecule has 1 fully saturated rings. The van der Waals surface area contributed by atoms with Crippen LogP contribution in [0, 0.1) is 5.41 Å². The van der Waals surface area contributed by atoms with Crippen LogP contribution in [0.4, 0.5) is 0 Å². The third-order valence-electron chi connectivity index (χ3n) is 2.92. The summed E-state index contributed by atoms with van der Waals surface area (Å²) in [5.74, 6) is 1.37. The predicted molar refractivity (Wildman–Crippen MR) is 57.3 cm³/mol. The van der Waals surface area contributed by atoms with Gasteiger partial charge in [-0.2, -0.15) is 0 Å². The van der Waals surface area contributed by atoms with Gasteiger partial charge in [-0.1, -0.05) is 27.7 Å². The van der Waals surface area contributed by atoms with E-state index >= 15 is 0 Å². The summed E-state index contributed by atoms with van der Waals surface area (Å²) in [4.78, 5) is 5.94. The lowest BCUT2D eigenvalue weighted by Crippen LogP contribution is -1.87. The van der Waals surface area contributed by atoms with E-state index in [0.717, 1.165) is 5.92 Å². The molecule has 0 saturated heterocycles. The van der Waals surface area contributed by atoms with Crippen LogP contribution in [0.3, 0.4) is 0 Å². The van der Waals surface area contributed by atoms with Crippen molar-refractivity contribution in [2.45, 2.75) is 46.0 Å². The molecule has 1 aliphatic rings. The van der Waals surface area contributed by atoms with Gasteiger partial charge in [-0.15, -0.1) is 11.3 Å². The molecule has 1 aliphatic carbocycles. The van der Waals surface area contributed by atoms with Gasteiger partial charge >= 0.3 is 0 Å². The molecule has 13 heavy (non-hydrogen) atoms. The Hall–Kier alpha value is -0.370. The molecule has 1 aromatic rings. The van der Waals surface area contributed by atoms with Gasteiger partial charge in [-0.25, -0.2) is 4.98 Å². The second-order valence-electron chi connectivity index (χ2n) is 5.00. The topological polar surface area (TPSA) is 12.9 Å². The second kappa shape index (κ2) is 2.81. The fraction of sp³-hybridized carbons (Fsp3) is 0.727. The molecule has 0 N–H and O–H groups in total. The third kappa shape index (κ3) is 1.64. The number of nitrogens with zero attached hydrogens (tertiary/aromatic N) is 1. The van der Waals surface area contributed by atoms with E-state index in [4.69, 9.17) is 0 Å². The Morgan fingerprint density at radius 2 is 2.15 bits per heavy atom. The van der Waals surface area contributed by atoms with Gasteiger partial charge in [0.15, 0.2) is 0 Å². The first-order valence-corrected chi connectivity index (χ1v) is 5.78. The average molecular weight is 195 g/mol. The Balaban J connectivity index is 2.16. The predicted octanol–water partition coefficient (Wildman–Crippen LogP) is 3.78. The Bertz CT molecular complexity index is 312. The monoisotopic (exact) mass is 195 g/mol. The molecule has 2 heteroatoms. The molecule has 2 rings (SSSR count). The van der Waals surface area contributed by atoms with Gasteiger partial charge in [0.1, 0.15) is 0 Å². The van der Waals surface area contributed by atoms with Crippen LogP contribution in [0.1, 0.15) is 55.8 Å². The molecular weight excluding hydrogens is 178 g/mol. The first-order valence-electron chi connectivity index (χ1n) is 4.96. The molecule has 1 aromatic heterocycles. The molecule has 72 valence electrons. The van der Waals surface area contributed by atoms with Gasteiger partial charge in [-0.3, -0.25) is 0 Å². The van der Waals surface area contributed by atoms with Crippen molar-refractivity contribution in [2.75, 3.05) is 0 Å². The fourth-order valence-electron chi connectivity index (χ4n) is 1.62. The lowest BCUT2D eigenvalue weighted by atomic mass is 10.1. The summed E-state index contributed by atoms with van der Waals surface area (Å²) in [5, 5.41) is 1.36. The van der Waals surface area contributed by atoms with Gasteiger partial charge in [0, 0.05) is 17.0 Å². The van der Waals surface area contributed by atoms with E-state index in [0.29, 0.717) is 11.3 Å². The Morgan fingerprint density at radius 1 is 1.54 bits per heavy atom. The van der Waals surface area contributed by atoms with Crippen LogP contribution in [0.15, 0.2) is 6.20 Å². The maximum Gasteiger partial charge on any atom is 0.0964 e. The number of rotatable bonds is 2. The third-order valence-corrected chi connectivity index (χ3v) is 4.33. The minimum absolute atomic E-state index is 0.520. The van der Waals surface area contributed by atoms with Crippen LogP contribution in [0.2, 0.25) is 0 Å². The van der Waals surface area contributed by atoms with Gasteiger partial charge < -0.3 is 0 Å². The molecule has 0 aromatic carbocycles. The smallest absolute Gasteiger partial charge is 0.0964 e. The molecule has 0 amide bonds. The van der Waals surface area contributed by atoms with Crippen molar-refractivity contribution in [3.05, 3.63) is 16.1 Å². The SMILES string of the molecule is CC(C)c1cnc(C2CC2(C)C)s1. The summed E-state index contributed by atoms with van der Waals surface area (Å²) in [6, 6.07) is 0. The number of hydrogen-bond acceptors (Lipinski definition) is 2. The summed E-state index contributed by atoms with van der Waals surface area (Å²) in [5.41, 5.74) is 0.520. The van der Waals surface area contributed by atoms with E-state index in [1.807, 2.05) is 11.3 Å².